The number of rotatable bonds is 9. The van der Waals surface area contributed by atoms with Crippen LogP contribution in [0.15, 0.2) is 42.5 Å². The lowest BCUT2D eigenvalue weighted by Crippen LogP contribution is -2.23. The van der Waals surface area contributed by atoms with Crippen molar-refractivity contribution in [1.82, 2.24) is 0 Å². The van der Waals surface area contributed by atoms with Crippen LogP contribution in [0.3, 0.4) is 0 Å². The van der Waals surface area contributed by atoms with E-state index in [1.165, 1.54) is 14.2 Å². The molecule has 2 rings (SSSR count). The van der Waals surface area contributed by atoms with Crippen LogP contribution in [0, 0.1) is 0 Å². The van der Waals surface area contributed by atoms with Crippen molar-refractivity contribution in [1.29, 1.82) is 0 Å². The van der Waals surface area contributed by atoms with Crippen LogP contribution in [0.1, 0.15) is 12.5 Å². The van der Waals surface area contributed by atoms with Gasteiger partial charge in [-0.1, -0.05) is 25.1 Å². The Kier molecular flexibility index (Phi) is 7.49. The summed E-state index contributed by atoms with van der Waals surface area (Å²) in [6.45, 7) is 1.31. The topological polar surface area (TPSA) is 83.1 Å². The highest BCUT2D eigenvalue weighted by Crippen LogP contribution is 2.25. The molecule has 0 aliphatic heterocycles. The van der Waals surface area contributed by atoms with Crippen molar-refractivity contribution < 1.29 is 28.5 Å². The normalized spacial score (nSPS) is 10.0. The highest BCUT2D eigenvalue weighted by atomic mass is 16.6. The Hall–Kier alpha value is -3.22. The van der Waals surface area contributed by atoms with E-state index in [1.54, 1.807) is 24.3 Å². The quantitative estimate of drug-likeness (QED) is 0.681. The number of methoxy groups -OCH3 is 2. The molecule has 0 spiro atoms. The van der Waals surface area contributed by atoms with Gasteiger partial charge in [-0.25, -0.2) is 4.79 Å². The van der Waals surface area contributed by atoms with E-state index in [2.05, 4.69) is 5.32 Å². The molecule has 7 heteroatoms. The van der Waals surface area contributed by atoms with Crippen LogP contribution in [-0.2, 0) is 20.7 Å². The average Bonchev–Trinajstić information content (AvgIpc) is 2.70. The van der Waals surface area contributed by atoms with Gasteiger partial charge in [0.25, 0.3) is 5.91 Å². The van der Waals surface area contributed by atoms with Gasteiger partial charge in [0, 0.05) is 23.9 Å². The molecule has 0 saturated heterocycles. The molecule has 2 aromatic rings. The molecule has 0 aromatic heterocycles. The Morgan fingerprint density at radius 2 is 1.63 bits per heavy atom. The maximum Gasteiger partial charge on any atom is 0.344 e. The summed E-state index contributed by atoms with van der Waals surface area (Å²) in [5.74, 6) is 0.589. The molecule has 7 nitrogen and oxygen atoms in total. The first-order valence-electron chi connectivity index (χ1n) is 8.45. The predicted molar refractivity (Wildman–Crippen MR) is 100 cm³/mol. The standard InChI is InChI=1S/C20H23NO6/c1-4-14-7-5-6-8-18(14)26-13-20(23)27-12-19(22)21-15-9-16(24-2)11-17(10-15)25-3/h5-11H,4,12-13H2,1-3H3,(H,21,22). The molecule has 144 valence electrons. The van der Waals surface area contributed by atoms with Crippen LogP contribution in [0.25, 0.3) is 0 Å². The summed E-state index contributed by atoms with van der Waals surface area (Å²) in [4.78, 5) is 23.8. The van der Waals surface area contributed by atoms with Gasteiger partial charge in [-0.05, 0) is 18.1 Å². The Balaban J connectivity index is 1.82. The summed E-state index contributed by atoms with van der Waals surface area (Å²) in [6, 6.07) is 12.4. The van der Waals surface area contributed by atoms with Gasteiger partial charge in [-0.15, -0.1) is 0 Å². The molecule has 0 atom stereocenters. The second-order valence-corrected chi connectivity index (χ2v) is 5.56. The smallest absolute Gasteiger partial charge is 0.344 e. The minimum Gasteiger partial charge on any atom is -0.497 e. The van der Waals surface area contributed by atoms with Crippen LogP contribution in [0.4, 0.5) is 5.69 Å². The number of carbonyl (C=O) groups is 2. The number of carbonyl (C=O) groups excluding carboxylic acids is 2. The zero-order valence-corrected chi connectivity index (χ0v) is 15.6. The molecule has 0 aliphatic rings. The van der Waals surface area contributed by atoms with Crippen LogP contribution in [0.5, 0.6) is 17.2 Å². The summed E-state index contributed by atoms with van der Waals surface area (Å²) in [5, 5.41) is 2.62. The van der Waals surface area contributed by atoms with E-state index in [4.69, 9.17) is 18.9 Å². The second kappa shape index (κ2) is 10.1. The Morgan fingerprint density at radius 3 is 2.26 bits per heavy atom. The summed E-state index contributed by atoms with van der Waals surface area (Å²) in [6.07, 6.45) is 0.789. The zero-order chi connectivity index (χ0) is 19.6. The third kappa shape index (κ3) is 6.22. The van der Waals surface area contributed by atoms with Crippen molar-refractivity contribution in [3.8, 4) is 17.2 Å². The number of nitrogens with one attached hydrogen (secondary N) is 1. The third-order valence-electron chi connectivity index (χ3n) is 3.70. The first-order valence-corrected chi connectivity index (χ1v) is 8.45. The van der Waals surface area contributed by atoms with Crippen LogP contribution < -0.4 is 19.5 Å². The van der Waals surface area contributed by atoms with Crippen molar-refractivity contribution in [3.05, 3.63) is 48.0 Å². The molecule has 0 heterocycles. The average molecular weight is 373 g/mol. The number of esters is 1. The number of amides is 1. The second-order valence-electron chi connectivity index (χ2n) is 5.56. The number of hydrogen-bond donors (Lipinski definition) is 1. The van der Waals surface area contributed by atoms with Gasteiger partial charge in [0.1, 0.15) is 17.2 Å². The Morgan fingerprint density at radius 1 is 0.963 bits per heavy atom. The van der Waals surface area contributed by atoms with Gasteiger partial charge < -0.3 is 24.3 Å². The molecular weight excluding hydrogens is 350 g/mol. The van der Waals surface area contributed by atoms with Crippen molar-refractivity contribution in [2.24, 2.45) is 0 Å². The van der Waals surface area contributed by atoms with Crippen LogP contribution in [-0.4, -0.2) is 39.3 Å². The van der Waals surface area contributed by atoms with Crippen LogP contribution in [0.2, 0.25) is 0 Å². The lowest BCUT2D eigenvalue weighted by atomic mass is 10.1. The molecule has 2 aromatic carbocycles. The minimum absolute atomic E-state index is 0.267. The lowest BCUT2D eigenvalue weighted by molar-refractivity contribution is -0.149. The summed E-state index contributed by atoms with van der Waals surface area (Å²) >= 11 is 0. The molecule has 27 heavy (non-hydrogen) atoms. The van der Waals surface area contributed by atoms with Gasteiger partial charge in [0.15, 0.2) is 13.2 Å². The largest absolute Gasteiger partial charge is 0.497 e. The van der Waals surface area contributed by atoms with E-state index >= 15 is 0 Å². The van der Waals surface area contributed by atoms with E-state index in [0.29, 0.717) is 22.9 Å². The monoisotopic (exact) mass is 373 g/mol. The van der Waals surface area contributed by atoms with Crippen molar-refractivity contribution >= 4 is 17.6 Å². The fourth-order valence-corrected chi connectivity index (χ4v) is 2.34. The Bertz CT molecular complexity index is 768. The number of anilines is 1. The molecule has 0 bridgehead atoms. The fourth-order valence-electron chi connectivity index (χ4n) is 2.34. The van der Waals surface area contributed by atoms with E-state index in [-0.39, 0.29) is 6.61 Å². The van der Waals surface area contributed by atoms with Gasteiger partial charge in [-0.2, -0.15) is 0 Å². The van der Waals surface area contributed by atoms with Gasteiger partial charge in [0.2, 0.25) is 0 Å². The van der Waals surface area contributed by atoms with E-state index < -0.39 is 18.5 Å². The van der Waals surface area contributed by atoms with E-state index in [1.807, 2.05) is 25.1 Å². The zero-order valence-electron chi connectivity index (χ0n) is 15.6. The number of benzene rings is 2. The number of ether oxygens (including phenoxy) is 4. The number of hydrogen-bond acceptors (Lipinski definition) is 6. The van der Waals surface area contributed by atoms with Gasteiger partial charge in [-0.3, -0.25) is 4.79 Å². The summed E-state index contributed by atoms with van der Waals surface area (Å²) in [5.41, 5.74) is 1.47. The fraction of sp³-hybridized carbons (Fsp3) is 0.300. The van der Waals surface area contributed by atoms with Gasteiger partial charge >= 0.3 is 5.97 Å². The summed E-state index contributed by atoms with van der Waals surface area (Å²) in [7, 11) is 3.03. The van der Waals surface area contributed by atoms with Crippen molar-refractivity contribution in [2.45, 2.75) is 13.3 Å². The number of para-hydroxylation sites is 1. The highest BCUT2D eigenvalue weighted by Gasteiger charge is 2.11. The maximum atomic E-state index is 12.0. The van der Waals surface area contributed by atoms with Crippen LogP contribution >= 0.6 is 0 Å². The number of aryl methyl sites for hydroxylation is 1. The van der Waals surface area contributed by atoms with Gasteiger partial charge in [0.05, 0.1) is 14.2 Å². The first kappa shape index (κ1) is 20.1. The van der Waals surface area contributed by atoms with E-state index in [0.717, 1.165) is 12.0 Å². The predicted octanol–water partition coefficient (Wildman–Crippen LogP) is 2.83. The molecule has 0 saturated carbocycles. The minimum atomic E-state index is -0.626. The Labute approximate surface area is 158 Å². The molecule has 0 fully saturated rings. The molecule has 0 radical (unpaired) electrons. The molecule has 0 unspecified atom stereocenters. The molecule has 1 N–H and O–H groups in total. The third-order valence-corrected chi connectivity index (χ3v) is 3.70. The SMILES string of the molecule is CCc1ccccc1OCC(=O)OCC(=O)Nc1cc(OC)cc(OC)c1. The van der Waals surface area contributed by atoms with Crippen molar-refractivity contribution in [2.75, 3.05) is 32.8 Å². The first-order chi connectivity index (χ1) is 13.0. The maximum absolute atomic E-state index is 12.0. The lowest BCUT2D eigenvalue weighted by Gasteiger charge is -2.11. The molecular formula is C20H23NO6. The van der Waals surface area contributed by atoms with E-state index in [9.17, 15) is 9.59 Å². The molecule has 0 aliphatic carbocycles. The summed E-state index contributed by atoms with van der Waals surface area (Å²) < 4.78 is 20.7. The molecule has 1 amide bonds. The van der Waals surface area contributed by atoms with Crippen molar-refractivity contribution in [3.63, 3.8) is 0 Å². The highest BCUT2D eigenvalue weighted by molar-refractivity contribution is 5.93.